The molecule has 7 atom stereocenters. The highest BCUT2D eigenvalue weighted by Crippen LogP contribution is 2.65. The quantitative estimate of drug-likeness (QED) is 0.692. The molecule has 4 aliphatic carbocycles. The van der Waals surface area contributed by atoms with Crippen LogP contribution in [0.15, 0.2) is 11.8 Å². The topological polar surface area (TPSA) is 40.5 Å². The zero-order chi connectivity index (χ0) is 14.8. The highest BCUT2D eigenvalue weighted by Gasteiger charge is 2.59. The van der Waals surface area contributed by atoms with Crippen LogP contribution in [-0.2, 0) is 0 Å². The number of rotatable bonds is 0. The van der Waals surface area contributed by atoms with Gasteiger partial charge in [-0.25, -0.2) is 0 Å². The Balaban J connectivity index is 1.65. The molecule has 3 saturated carbocycles. The van der Waals surface area contributed by atoms with Crippen molar-refractivity contribution in [3.05, 3.63) is 11.8 Å². The number of aliphatic hydroxyl groups excluding tert-OH is 2. The van der Waals surface area contributed by atoms with Gasteiger partial charge in [0.1, 0.15) is 0 Å². The van der Waals surface area contributed by atoms with Crippen molar-refractivity contribution in [2.45, 2.75) is 71.3 Å². The van der Waals surface area contributed by atoms with Crippen molar-refractivity contribution in [2.24, 2.45) is 34.5 Å². The molecule has 0 aromatic heterocycles. The lowest BCUT2D eigenvalue weighted by atomic mass is 9.46. The van der Waals surface area contributed by atoms with Gasteiger partial charge in [-0.05, 0) is 85.5 Å². The van der Waals surface area contributed by atoms with E-state index in [2.05, 4.69) is 19.9 Å². The summed E-state index contributed by atoms with van der Waals surface area (Å²) in [6.07, 6.45) is 11.4. The molecule has 2 N–H and O–H groups in total. The summed E-state index contributed by atoms with van der Waals surface area (Å²) in [5.41, 5.74) is 0.584. The third kappa shape index (κ3) is 1.81. The van der Waals surface area contributed by atoms with Gasteiger partial charge in [0, 0.05) is 6.42 Å². The van der Waals surface area contributed by atoms with Gasteiger partial charge >= 0.3 is 0 Å². The number of fused-ring (bicyclic) bond motifs is 5. The molecule has 2 heteroatoms. The molecule has 0 aromatic carbocycles. The summed E-state index contributed by atoms with van der Waals surface area (Å²) < 4.78 is 0. The van der Waals surface area contributed by atoms with E-state index >= 15 is 0 Å². The second-order valence-electron chi connectivity index (χ2n) is 8.90. The molecular formula is C19H30O2. The summed E-state index contributed by atoms with van der Waals surface area (Å²) in [5, 5.41) is 20.4. The number of allylic oxidation sites excluding steroid dienone is 2. The first-order valence-electron chi connectivity index (χ1n) is 9.01. The van der Waals surface area contributed by atoms with Crippen LogP contribution < -0.4 is 0 Å². The van der Waals surface area contributed by atoms with Crippen molar-refractivity contribution in [3.63, 3.8) is 0 Å². The Morgan fingerprint density at radius 2 is 1.76 bits per heavy atom. The van der Waals surface area contributed by atoms with Crippen LogP contribution in [0.3, 0.4) is 0 Å². The van der Waals surface area contributed by atoms with Gasteiger partial charge in [-0.1, -0.05) is 13.8 Å². The van der Waals surface area contributed by atoms with Crippen LogP contribution in [0.5, 0.6) is 0 Å². The van der Waals surface area contributed by atoms with E-state index in [4.69, 9.17) is 0 Å². The van der Waals surface area contributed by atoms with Gasteiger partial charge in [-0.15, -0.1) is 0 Å². The fraction of sp³-hybridized carbons (Fsp3) is 0.895. The van der Waals surface area contributed by atoms with Crippen LogP contribution in [0, 0.1) is 34.5 Å². The minimum absolute atomic E-state index is 0.0655. The molecule has 3 fully saturated rings. The van der Waals surface area contributed by atoms with Crippen LogP contribution in [0.4, 0.5) is 0 Å². The number of hydrogen-bond donors (Lipinski definition) is 2. The second-order valence-corrected chi connectivity index (χ2v) is 8.90. The molecule has 0 heterocycles. The first-order valence-corrected chi connectivity index (χ1v) is 9.01. The Bertz CT molecular complexity index is 470. The van der Waals surface area contributed by atoms with E-state index in [0.717, 1.165) is 37.0 Å². The maximum absolute atomic E-state index is 10.5. The van der Waals surface area contributed by atoms with E-state index in [1.807, 2.05) is 0 Å². The lowest BCUT2D eigenvalue weighted by Crippen LogP contribution is -2.53. The highest BCUT2D eigenvalue weighted by molar-refractivity contribution is 5.14. The molecule has 2 nitrogen and oxygen atoms in total. The first kappa shape index (κ1) is 14.1. The molecule has 21 heavy (non-hydrogen) atoms. The molecule has 0 aliphatic heterocycles. The van der Waals surface area contributed by atoms with Gasteiger partial charge in [0.25, 0.3) is 0 Å². The van der Waals surface area contributed by atoms with Crippen molar-refractivity contribution in [2.75, 3.05) is 0 Å². The first-order chi connectivity index (χ1) is 9.95. The van der Waals surface area contributed by atoms with Crippen LogP contribution in [-0.4, -0.2) is 16.3 Å². The number of aliphatic hydroxyl groups is 2. The molecule has 0 radical (unpaired) electrons. The fourth-order valence-corrected chi connectivity index (χ4v) is 6.83. The van der Waals surface area contributed by atoms with E-state index in [1.54, 1.807) is 0 Å². The normalized spacial score (nSPS) is 56.1. The standard InChI is InChI=1S/C19H30O2/c1-18-9-7-13(20)11-12(18)3-4-14-15-5-6-17(21)19(15,2)10-8-16(14)18/h7,12,14-17,20-21H,3-6,8-11H2,1-2H3/t12?,14-,15-,16-,17?,18-,19-/m0/s1. The van der Waals surface area contributed by atoms with Gasteiger partial charge in [-0.3, -0.25) is 0 Å². The van der Waals surface area contributed by atoms with Gasteiger partial charge in [-0.2, -0.15) is 0 Å². The molecule has 0 aromatic rings. The molecule has 0 spiro atoms. The van der Waals surface area contributed by atoms with E-state index in [0.29, 0.717) is 17.1 Å². The predicted molar refractivity (Wildman–Crippen MR) is 83.8 cm³/mol. The van der Waals surface area contributed by atoms with Crippen molar-refractivity contribution in [1.29, 1.82) is 0 Å². The summed E-state index contributed by atoms with van der Waals surface area (Å²) in [5.74, 6) is 3.68. The van der Waals surface area contributed by atoms with Crippen molar-refractivity contribution < 1.29 is 10.2 Å². The van der Waals surface area contributed by atoms with Crippen LogP contribution in [0.25, 0.3) is 0 Å². The summed E-state index contributed by atoms with van der Waals surface area (Å²) >= 11 is 0. The van der Waals surface area contributed by atoms with Crippen molar-refractivity contribution in [1.82, 2.24) is 0 Å². The van der Waals surface area contributed by atoms with Crippen LogP contribution in [0.1, 0.15) is 65.2 Å². The van der Waals surface area contributed by atoms with Gasteiger partial charge in [0.15, 0.2) is 0 Å². The van der Waals surface area contributed by atoms with Gasteiger partial charge < -0.3 is 10.2 Å². The lowest BCUT2D eigenvalue weighted by Gasteiger charge is -2.59. The SMILES string of the molecule is C[C@]12CC=C(O)CC1CC[C@@H]1[C@@H]2CC[C@]2(C)C(O)CC[C@@H]12. The molecular weight excluding hydrogens is 260 g/mol. The Hall–Kier alpha value is -0.500. The molecule has 0 saturated heterocycles. The minimum atomic E-state index is -0.0655. The monoisotopic (exact) mass is 290 g/mol. The third-order valence-corrected chi connectivity index (χ3v) is 8.25. The molecule has 0 bridgehead atoms. The second kappa shape index (κ2) is 4.50. The smallest absolute Gasteiger partial charge is 0.0886 e. The third-order valence-electron chi connectivity index (χ3n) is 8.25. The molecule has 4 aliphatic rings. The largest absolute Gasteiger partial charge is 0.513 e. The minimum Gasteiger partial charge on any atom is -0.513 e. The summed E-state index contributed by atoms with van der Waals surface area (Å²) in [4.78, 5) is 0. The maximum atomic E-state index is 10.5. The molecule has 0 amide bonds. The average Bonchev–Trinajstić information content (AvgIpc) is 2.76. The van der Waals surface area contributed by atoms with E-state index in [1.165, 1.54) is 32.1 Å². The van der Waals surface area contributed by atoms with Gasteiger partial charge in [0.2, 0.25) is 0 Å². The Morgan fingerprint density at radius 3 is 2.57 bits per heavy atom. The van der Waals surface area contributed by atoms with Crippen LogP contribution in [0.2, 0.25) is 0 Å². The molecule has 118 valence electrons. The van der Waals surface area contributed by atoms with Crippen molar-refractivity contribution in [3.8, 4) is 0 Å². The zero-order valence-corrected chi connectivity index (χ0v) is 13.5. The highest BCUT2D eigenvalue weighted by atomic mass is 16.3. The molecule has 2 unspecified atom stereocenters. The maximum Gasteiger partial charge on any atom is 0.0886 e. The lowest BCUT2D eigenvalue weighted by molar-refractivity contribution is -0.111. The summed E-state index contributed by atoms with van der Waals surface area (Å²) in [6, 6.07) is 0. The van der Waals surface area contributed by atoms with E-state index in [-0.39, 0.29) is 11.5 Å². The zero-order valence-electron chi connectivity index (χ0n) is 13.5. The fourth-order valence-electron chi connectivity index (χ4n) is 6.83. The Kier molecular flexibility index (Phi) is 3.03. The molecule has 4 rings (SSSR count). The Morgan fingerprint density at radius 1 is 1.00 bits per heavy atom. The van der Waals surface area contributed by atoms with Crippen molar-refractivity contribution >= 4 is 0 Å². The average molecular weight is 290 g/mol. The van der Waals surface area contributed by atoms with E-state index in [9.17, 15) is 10.2 Å². The number of hydrogen-bond acceptors (Lipinski definition) is 2. The van der Waals surface area contributed by atoms with Crippen LogP contribution >= 0.6 is 0 Å². The Labute approximate surface area is 128 Å². The summed E-state index contributed by atoms with van der Waals surface area (Å²) in [7, 11) is 0. The summed E-state index contributed by atoms with van der Waals surface area (Å²) in [6.45, 7) is 4.85. The predicted octanol–water partition coefficient (Wildman–Crippen LogP) is 4.44. The van der Waals surface area contributed by atoms with Gasteiger partial charge in [0.05, 0.1) is 11.9 Å². The van der Waals surface area contributed by atoms with E-state index < -0.39 is 0 Å².